The minimum absolute atomic E-state index is 0.0818. The van der Waals surface area contributed by atoms with E-state index in [0.717, 1.165) is 18.5 Å². The van der Waals surface area contributed by atoms with Crippen LogP contribution in [-0.4, -0.2) is 4.99 Å². The Morgan fingerprint density at radius 3 is 2.42 bits per heavy atom. The first kappa shape index (κ1) is 18.3. The van der Waals surface area contributed by atoms with Crippen LogP contribution in [0, 0.1) is 0 Å². The van der Waals surface area contributed by atoms with Crippen LogP contribution in [0.5, 0.6) is 0 Å². The van der Waals surface area contributed by atoms with Crippen LogP contribution in [0.25, 0.3) is 11.5 Å². The van der Waals surface area contributed by atoms with Crippen molar-refractivity contribution in [3.8, 4) is 0 Å². The normalized spacial score (nSPS) is 11.7. The van der Waals surface area contributed by atoms with Gasteiger partial charge in [-0.1, -0.05) is 49.8 Å². The topological polar surface area (TPSA) is 39.0 Å². The van der Waals surface area contributed by atoms with Gasteiger partial charge in [0.15, 0.2) is 17.4 Å². The van der Waals surface area contributed by atoms with Crippen LogP contribution in [0.3, 0.4) is 0 Å². The van der Waals surface area contributed by atoms with Crippen LogP contribution in [0.15, 0.2) is 72.4 Å². The minimum atomic E-state index is -0.0818. The smallest absolute Gasteiger partial charge is 0.239 e. The first-order valence-electron chi connectivity index (χ1n) is 8.51. The Kier molecular flexibility index (Phi) is 6.15. The maximum atomic E-state index is 13.1. The minimum Gasteiger partial charge on any atom is -0.867 e. The average molecular weight is 381 g/mol. The lowest BCUT2D eigenvalue weighted by Gasteiger charge is -2.15. The van der Waals surface area contributed by atoms with Gasteiger partial charge in [0.1, 0.15) is 0 Å². The van der Waals surface area contributed by atoms with Crippen LogP contribution in [0.2, 0.25) is 0 Å². The second-order valence-electron chi connectivity index (χ2n) is 5.84. The Labute approximate surface area is 163 Å². The molecule has 0 fully saturated rings. The molecule has 0 saturated carbocycles. The number of para-hydroxylation sites is 1. The number of hydrogen-bond donors (Lipinski definition) is 1. The van der Waals surface area contributed by atoms with Gasteiger partial charge < -0.3 is 10.4 Å². The standard InChI is InChI=1S/C21H20N2OS2/c1-2-7-16-11-13-23(14-12-16)19(20(24)18-10-6-15-26-18)21(25)22-17-8-4-3-5-9-17/h3-6,8-15H,2,7H2,1H3,(H-,22,24,25). The Bertz CT molecular complexity index is 886. The molecule has 0 spiro atoms. The SMILES string of the molecule is CCCc1cc[n+](C(C(=S)Nc2ccccc2)=C([O-])c2cccs2)cc1. The molecule has 2 heterocycles. The number of thiocarbonyl (C=S) groups is 1. The van der Waals surface area contributed by atoms with Crippen molar-refractivity contribution in [3.05, 3.63) is 82.8 Å². The second kappa shape index (κ2) is 8.74. The summed E-state index contributed by atoms with van der Waals surface area (Å²) in [4.78, 5) is 1.07. The molecule has 0 unspecified atom stereocenters. The third-order valence-corrected chi connectivity index (χ3v) is 5.07. The molecule has 0 aliphatic rings. The zero-order valence-electron chi connectivity index (χ0n) is 14.5. The lowest BCUT2D eigenvalue weighted by Crippen LogP contribution is -2.39. The van der Waals surface area contributed by atoms with Crippen molar-refractivity contribution in [1.82, 2.24) is 0 Å². The van der Waals surface area contributed by atoms with Crippen LogP contribution in [0.1, 0.15) is 23.8 Å². The van der Waals surface area contributed by atoms with Crippen molar-refractivity contribution in [2.45, 2.75) is 19.8 Å². The number of aryl methyl sites for hydroxylation is 1. The molecule has 3 nitrogen and oxygen atoms in total. The van der Waals surface area contributed by atoms with E-state index in [9.17, 15) is 5.11 Å². The molecule has 0 aliphatic heterocycles. The summed E-state index contributed by atoms with van der Waals surface area (Å²) < 4.78 is 1.81. The summed E-state index contributed by atoms with van der Waals surface area (Å²) in [6.45, 7) is 2.15. The summed E-state index contributed by atoms with van der Waals surface area (Å²) in [5.74, 6) is -0.0818. The van der Waals surface area contributed by atoms with Gasteiger partial charge in [0.25, 0.3) is 0 Å². The van der Waals surface area contributed by atoms with Crippen molar-refractivity contribution < 1.29 is 9.67 Å². The lowest BCUT2D eigenvalue weighted by atomic mass is 10.1. The van der Waals surface area contributed by atoms with E-state index < -0.39 is 0 Å². The molecule has 0 saturated heterocycles. The summed E-state index contributed by atoms with van der Waals surface area (Å²) in [6.07, 6.45) is 5.92. The number of benzene rings is 1. The van der Waals surface area contributed by atoms with Gasteiger partial charge in [-0.2, -0.15) is 4.57 Å². The quantitative estimate of drug-likeness (QED) is 0.303. The first-order valence-corrected chi connectivity index (χ1v) is 9.80. The van der Waals surface area contributed by atoms with Crippen molar-refractivity contribution in [2.75, 3.05) is 5.32 Å². The number of nitrogens with zero attached hydrogens (tertiary/aromatic N) is 1. The summed E-state index contributed by atoms with van der Waals surface area (Å²) >= 11 is 7.01. The fourth-order valence-corrected chi connectivity index (χ4v) is 3.62. The molecular weight excluding hydrogens is 360 g/mol. The van der Waals surface area contributed by atoms with E-state index in [0.29, 0.717) is 15.6 Å². The van der Waals surface area contributed by atoms with Crippen molar-refractivity contribution >= 4 is 45.7 Å². The molecule has 0 amide bonds. The van der Waals surface area contributed by atoms with Gasteiger partial charge in [-0.3, -0.25) is 0 Å². The van der Waals surface area contributed by atoms with Crippen molar-refractivity contribution in [1.29, 1.82) is 0 Å². The molecule has 26 heavy (non-hydrogen) atoms. The zero-order valence-corrected chi connectivity index (χ0v) is 16.1. The number of anilines is 1. The predicted octanol–water partition coefficient (Wildman–Crippen LogP) is 4.11. The summed E-state index contributed by atoms with van der Waals surface area (Å²) in [6, 6.07) is 17.4. The van der Waals surface area contributed by atoms with Gasteiger partial charge in [-0.25, -0.2) is 0 Å². The molecule has 3 rings (SSSR count). The molecule has 2 aromatic heterocycles. The van der Waals surface area contributed by atoms with E-state index in [1.54, 1.807) is 4.57 Å². The molecule has 5 heteroatoms. The van der Waals surface area contributed by atoms with Crippen molar-refractivity contribution in [3.63, 3.8) is 0 Å². The van der Waals surface area contributed by atoms with Crippen LogP contribution >= 0.6 is 23.6 Å². The summed E-state index contributed by atoms with van der Waals surface area (Å²) in [5, 5.41) is 18.2. The second-order valence-corrected chi connectivity index (χ2v) is 7.19. The molecule has 132 valence electrons. The molecule has 1 aromatic carbocycles. The molecule has 1 N–H and O–H groups in total. The fraction of sp³-hybridized carbons (Fsp3) is 0.143. The van der Waals surface area contributed by atoms with Gasteiger partial charge in [0.2, 0.25) is 5.70 Å². The molecule has 0 aliphatic carbocycles. The Balaban J connectivity index is 1.99. The monoisotopic (exact) mass is 380 g/mol. The average Bonchev–Trinajstić information content (AvgIpc) is 3.19. The maximum absolute atomic E-state index is 13.1. The van der Waals surface area contributed by atoms with Crippen LogP contribution < -0.4 is 15.0 Å². The molecule has 0 bridgehead atoms. The highest BCUT2D eigenvalue weighted by Crippen LogP contribution is 2.21. The third-order valence-electron chi connectivity index (χ3n) is 3.90. The Morgan fingerprint density at radius 1 is 1.08 bits per heavy atom. The number of pyridine rings is 1. The van der Waals surface area contributed by atoms with Crippen LogP contribution in [0.4, 0.5) is 5.69 Å². The van der Waals surface area contributed by atoms with Gasteiger partial charge in [-0.15, -0.1) is 11.3 Å². The summed E-state index contributed by atoms with van der Waals surface area (Å²) in [7, 11) is 0. The van der Waals surface area contributed by atoms with Gasteiger partial charge in [-0.05, 0) is 41.3 Å². The van der Waals surface area contributed by atoms with Gasteiger partial charge in [0.05, 0.1) is 0 Å². The van der Waals surface area contributed by atoms with Gasteiger partial charge >= 0.3 is 0 Å². The largest absolute Gasteiger partial charge is 0.867 e. The fourth-order valence-electron chi connectivity index (χ4n) is 2.64. The van der Waals surface area contributed by atoms with E-state index in [2.05, 4.69) is 12.2 Å². The van der Waals surface area contributed by atoms with Crippen LogP contribution in [-0.2, 0) is 6.42 Å². The number of thiophene rings is 1. The molecule has 3 aromatic rings. The van der Waals surface area contributed by atoms with Crippen molar-refractivity contribution in [2.24, 2.45) is 0 Å². The number of hydrogen-bond acceptors (Lipinski definition) is 3. The highest BCUT2D eigenvalue weighted by Gasteiger charge is 2.19. The van der Waals surface area contributed by atoms with E-state index in [-0.39, 0.29) is 5.76 Å². The third kappa shape index (κ3) is 4.36. The molecule has 0 atom stereocenters. The number of aromatic nitrogens is 1. The van der Waals surface area contributed by atoms with E-state index in [1.807, 2.05) is 72.4 Å². The highest BCUT2D eigenvalue weighted by molar-refractivity contribution is 7.81. The number of nitrogens with one attached hydrogen (secondary N) is 1. The Hall–Kier alpha value is -2.50. The maximum Gasteiger partial charge on any atom is 0.239 e. The zero-order chi connectivity index (χ0) is 18.4. The summed E-state index contributed by atoms with van der Waals surface area (Å²) in [5.41, 5.74) is 2.56. The lowest BCUT2D eigenvalue weighted by molar-refractivity contribution is -0.577. The van der Waals surface area contributed by atoms with E-state index in [1.165, 1.54) is 16.9 Å². The predicted molar refractivity (Wildman–Crippen MR) is 111 cm³/mol. The molecule has 0 radical (unpaired) electrons. The van der Waals surface area contributed by atoms with E-state index in [4.69, 9.17) is 12.2 Å². The Morgan fingerprint density at radius 2 is 1.81 bits per heavy atom. The highest BCUT2D eigenvalue weighted by atomic mass is 32.1. The first-order chi connectivity index (χ1) is 12.7. The molecular formula is C21H20N2OS2. The number of rotatable bonds is 6. The van der Waals surface area contributed by atoms with E-state index >= 15 is 0 Å². The van der Waals surface area contributed by atoms with Gasteiger partial charge in [0, 0.05) is 22.7 Å².